The van der Waals surface area contributed by atoms with Gasteiger partial charge in [0.2, 0.25) is 0 Å². The zero-order valence-electron chi connectivity index (χ0n) is 8.00. The van der Waals surface area contributed by atoms with Crippen LogP contribution in [0, 0.1) is 5.82 Å². The summed E-state index contributed by atoms with van der Waals surface area (Å²) in [5.41, 5.74) is 0.245. The lowest BCUT2D eigenvalue weighted by molar-refractivity contribution is -0.116. The molecule has 4 heteroatoms. The van der Waals surface area contributed by atoms with Crippen LogP contribution in [0.5, 0.6) is 11.5 Å². The summed E-state index contributed by atoms with van der Waals surface area (Å²) in [6, 6.07) is 2.19. The highest BCUT2D eigenvalue weighted by Gasteiger charge is 2.11. The van der Waals surface area contributed by atoms with E-state index in [0.29, 0.717) is 0 Å². The molecule has 1 aromatic rings. The number of ketones is 1. The Morgan fingerprint density at radius 1 is 1.57 bits per heavy atom. The van der Waals surface area contributed by atoms with Gasteiger partial charge in [-0.15, -0.1) is 0 Å². The third-order valence-electron chi connectivity index (χ3n) is 1.78. The topological polar surface area (TPSA) is 46.5 Å². The summed E-state index contributed by atoms with van der Waals surface area (Å²) in [4.78, 5) is 10.8. The number of phenolic OH excluding ortho intramolecular Hbond substituents is 1. The van der Waals surface area contributed by atoms with Gasteiger partial charge in [-0.3, -0.25) is 4.79 Å². The smallest absolute Gasteiger partial charge is 0.163 e. The van der Waals surface area contributed by atoms with Gasteiger partial charge in [0.1, 0.15) is 11.6 Å². The van der Waals surface area contributed by atoms with Crippen LogP contribution in [0.4, 0.5) is 4.39 Å². The van der Waals surface area contributed by atoms with Gasteiger partial charge in [-0.1, -0.05) is 0 Å². The van der Waals surface area contributed by atoms with E-state index in [1.165, 1.54) is 14.0 Å². The standard InChI is InChI=1S/C10H11FO3/c1-6(12)3-7-4-8(11)5-9(14-2)10(7)13/h4-5,13H,3H2,1-2H3. The van der Waals surface area contributed by atoms with Crippen molar-refractivity contribution in [1.29, 1.82) is 0 Å². The van der Waals surface area contributed by atoms with Crippen LogP contribution in [0.3, 0.4) is 0 Å². The number of Topliss-reactive ketones (excluding diaryl/α,β-unsaturated/α-hetero) is 1. The maximum absolute atomic E-state index is 12.9. The molecule has 0 spiro atoms. The lowest BCUT2D eigenvalue weighted by atomic mass is 10.1. The number of ether oxygens (including phenoxy) is 1. The second-order valence-corrected chi connectivity index (χ2v) is 2.99. The van der Waals surface area contributed by atoms with Gasteiger partial charge in [0.05, 0.1) is 7.11 Å². The summed E-state index contributed by atoms with van der Waals surface area (Å²) in [5, 5.41) is 9.52. The van der Waals surface area contributed by atoms with E-state index < -0.39 is 5.82 Å². The number of hydrogen-bond acceptors (Lipinski definition) is 3. The molecule has 0 amide bonds. The van der Waals surface area contributed by atoms with Gasteiger partial charge in [-0.05, 0) is 13.0 Å². The number of carbonyl (C=O) groups excluding carboxylic acids is 1. The van der Waals surface area contributed by atoms with Gasteiger partial charge in [-0.2, -0.15) is 0 Å². The molecule has 0 radical (unpaired) electrons. The van der Waals surface area contributed by atoms with Crippen molar-refractivity contribution in [3.05, 3.63) is 23.5 Å². The van der Waals surface area contributed by atoms with Crippen molar-refractivity contribution in [2.24, 2.45) is 0 Å². The van der Waals surface area contributed by atoms with Crippen LogP contribution in [0.1, 0.15) is 12.5 Å². The van der Waals surface area contributed by atoms with Crippen molar-refractivity contribution in [3.63, 3.8) is 0 Å². The fraction of sp³-hybridized carbons (Fsp3) is 0.300. The second-order valence-electron chi connectivity index (χ2n) is 2.99. The minimum Gasteiger partial charge on any atom is -0.504 e. The van der Waals surface area contributed by atoms with E-state index in [0.717, 1.165) is 12.1 Å². The molecule has 0 aliphatic carbocycles. The van der Waals surface area contributed by atoms with Crippen LogP contribution in [0.15, 0.2) is 12.1 Å². The molecular weight excluding hydrogens is 187 g/mol. The number of methoxy groups -OCH3 is 1. The van der Waals surface area contributed by atoms with Crippen molar-refractivity contribution in [3.8, 4) is 11.5 Å². The fourth-order valence-electron chi connectivity index (χ4n) is 1.19. The quantitative estimate of drug-likeness (QED) is 0.803. The predicted octanol–water partition coefficient (Wildman–Crippen LogP) is 1.67. The van der Waals surface area contributed by atoms with E-state index in [9.17, 15) is 14.3 Å². The van der Waals surface area contributed by atoms with E-state index >= 15 is 0 Å². The van der Waals surface area contributed by atoms with Crippen molar-refractivity contribution in [2.75, 3.05) is 7.11 Å². The molecule has 1 aromatic carbocycles. The van der Waals surface area contributed by atoms with E-state index in [1.807, 2.05) is 0 Å². The predicted molar refractivity (Wildman–Crippen MR) is 49.0 cm³/mol. The van der Waals surface area contributed by atoms with Crippen LogP contribution in [0.25, 0.3) is 0 Å². The molecule has 0 atom stereocenters. The van der Waals surface area contributed by atoms with Crippen molar-refractivity contribution < 1.29 is 19.0 Å². The Morgan fingerprint density at radius 3 is 2.71 bits per heavy atom. The SMILES string of the molecule is COc1cc(F)cc(CC(C)=O)c1O. The van der Waals surface area contributed by atoms with Crippen molar-refractivity contribution in [2.45, 2.75) is 13.3 Å². The molecule has 0 bridgehead atoms. The molecule has 1 rings (SSSR count). The number of phenols is 1. The summed E-state index contributed by atoms with van der Waals surface area (Å²) >= 11 is 0. The van der Waals surface area contributed by atoms with Crippen LogP contribution in [-0.4, -0.2) is 18.0 Å². The van der Waals surface area contributed by atoms with Crippen LogP contribution >= 0.6 is 0 Å². The summed E-state index contributed by atoms with van der Waals surface area (Å²) in [5.74, 6) is -0.811. The Hall–Kier alpha value is -1.58. The van der Waals surface area contributed by atoms with E-state index in [2.05, 4.69) is 0 Å². The highest BCUT2D eigenvalue weighted by Crippen LogP contribution is 2.31. The highest BCUT2D eigenvalue weighted by molar-refractivity contribution is 5.79. The number of hydrogen-bond donors (Lipinski definition) is 1. The molecule has 1 N–H and O–H groups in total. The average molecular weight is 198 g/mol. The Morgan fingerprint density at radius 2 is 2.21 bits per heavy atom. The first-order chi connectivity index (χ1) is 6.54. The van der Waals surface area contributed by atoms with Crippen molar-refractivity contribution >= 4 is 5.78 Å². The number of carbonyl (C=O) groups is 1. The number of rotatable bonds is 3. The molecule has 0 heterocycles. The monoisotopic (exact) mass is 198 g/mol. The van der Waals surface area contributed by atoms with Gasteiger partial charge in [0.25, 0.3) is 0 Å². The third kappa shape index (κ3) is 2.22. The van der Waals surface area contributed by atoms with Crippen LogP contribution in [0.2, 0.25) is 0 Å². The maximum Gasteiger partial charge on any atom is 0.163 e. The molecule has 76 valence electrons. The highest BCUT2D eigenvalue weighted by atomic mass is 19.1. The van der Waals surface area contributed by atoms with Gasteiger partial charge >= 0.3 is 0 Å². The molecule has 14 heavy (non-hydrogen) atoms. The first-order valence-electron chi connectivity index (χ1n) is 4.09. The molecule has 0 aromatic heterocycles. The number of benzene rings is 1. The Kier molecular flexibility index (Phi) is 3.06. The normalized spacial score (nSPS) is 9.93. The summed E-state index contributed by atoms with van der Waals surface area (Å²) in [7, 11) is 1.33. The molecule has 3 nitrogen and oxygen atoms in total. The van der Waals surface area contributed by atoms with Crippen LogP contribution < -0.4 is 4.74 Å². The molecular formula is C10H11FO3. The average Bonchev–Trinajstić information content (AvgIpc) is 2.09. The second kappa shape index (κ2) is 4.09. The van der Waals surface area contributed by atoms with Gasteiger partial charge < -0.3 is 9.84 Å². The van der Waals surface area contributed by atoms with E-state index in [1.54, 1.807) is 0 Å². The number of halogens is 1. The zero-order valence-corrected chi connectivity index (χ0v) is 8.00. The van der Waals surface area contributed by atoms with Gasteiger partial charge in [0, 0.05) is 18.1 Å². The van der Waals surface area contributed by atoms with Crippen molar-refractivity contribution in [1.82, 2.24) is 0 Å². The fourth-order valence-corrected chi connectivity index (χ4v) is 1.19. The van der Waals surface area contributed by atoms with E-state index in [-0.39, 0.29) is 29.3 Å². The van der Waals surface area contributed by atoms with E-state index in [4.69, 9.17) is 4.74 Å². The molecule has 0 aliphatic heterocycles. The lowest BCUT2D eigenvalue weighted by Crippen LogP contribution is -1.99. The minimum absolute atomic E-state index is 0.0000463. The maximum atomic E-state index is 12.9. The molecule has 0 saturated heterocycles. The molecule has 0 fully saturated rings. The van der Waals surface area contributed by atoms with Gasteiger partial charge in [0.15, 0.2) is 11.5 Å². The Balaban J connectivity index is 3.15. The zero-order chi connectivity index (χ0) is 10.7. The first-order valence-corrected chi connectivity index (χ1v) is 4.09. The third-order valence-corrected chi connectivity index (χ3v) is 1.78. The Bertz CT molecular complexity index is 361. The number of aromatic hydroxyl groups is 1. The Labute approximate surface area is 81.1 Å². The minimum atomic E-state index is -0.532. The summed E-state index contributed by atoms with van der Waals surface area (Å²) < 4.78 is 17.7. The van der Waals surface area contributed by atoms with Crippen LogP contribution in [-0.2, 0) is 11.2 Å². The molecule has 0 unspecified atom stereocenters. The first kappa shape index (κ1) is 10.5. The summed E-state index contributed by atoms with van der Waals surface area (Å²) in [6.07, 6.45) is -0.0000463. The largest absolute Gasteiger partial charge is 0.504 e. The van der Waals surface area contributed by atoms with Gasteiger partial charge in [-0.25, -0.2) is 4.39 Å². The lowest BCUT2D eigenvalue weighted by Gasteiger charge is -2.07. The molecule has 0 aliphatic rings. The molecule has 0 saturated carbocycles. The summed E-state index contributed by atoms with van der Waals surface area (Å²) in [6.45, 7) is 1.37.